The van der Waals surface area contributed by atoms with Crippen molar-refractivity contribution in [3.05, 3.63) is 64.2 Å². The van der Waals surface area contributed by atoms with Gasteiger partial charge in [-0.25, -0.2) is 13.6 Å². The molecular weight excluding hydrogens is 288 g/mol. The minimum absolute atomic E-state index is 0.192. The summed E-state index contributed by atoms with van der Waals surface area (Å²) < 4.78 is 27.3. The quantitative estimate of drug-likeness (QED) is 0.899. The maximum Gasteiger partial charge on any atom is 0.335 e. The molecule has 0 saturated carbocycles. The summed E-state index contributed by atoms with van der Waals surface area (Å²) in [6.07, 6.45) is 0. The number of aromatic carboxylic acids is 1. The zero-order chi connectivity index (χ0) is 14.7. The molecule has 2 rings (SSSR count). The largest absolute Gasteiger partial charge is 0.478 e. The molecule has 0 heterocycles. The van der Waals surface area contributed by atoms with E-state index in [0.29, 0.717) is 5.02 Å². The van der Waals surface area contributed by atoms with Crippen LogP contribution in [-0.2, 0) is 6.54 Å². The molecule has 0 aromatic heterocycles. The van der Waals surface area contributed by atoms with E-state index in [2.05, 4.69) is 5.32 Å². The zero-order valence-electron chi connectivity index (χ0n) is 10.2. The Morgan fingerprint density at radius 2 is 1.70 bits per heavy atom. The van der Waals surface area contributed by atoms with E-state index in [4.69, 9.17) is 16.7 Å². The average molecular weight is 298 g/mol. The number of rotatable bonds is 4. The summed E-state index contributed by atoms with van der Waals surface area (Å²) >= 11 is 5.73. The van der Waals surface area contributed by atoms with Crippen LogP contribution in [0.15, 0.2) is 36.4 Å². The van der Waals surface area contributed by atoms with Gasteiger partial charge in [0.05, 0.1) is 5.56 Å². The highest BCUT2D eigenvalue weighted by Crippen LogP contribution is 2.22. The van der Waals surface area contributed by atoms with Crippen molar-refractivity contribution < 1.29 is 18.7 Å². The lowest BCUT2D eigenvalue weighted by atomic mass is 10.1. The molecule has 0 fully saturated rings. The molecule has 2 aromatic carbocycles. The van der Waals surface area contributed by atoms with E-state index in [0.717, 1.165) is 17.7 Å². The molecular formula is C14H10ClF2NO2. The maximum atomic E-state index is 13.7. The highest BCUT2D eigenvalue weighted by Gasteiger charge is 2.14. The fourth-order valence-electron chi connectivity index (χ4n) is 1.66. The molecule has 0 aliphatic rings. The Hall–Kier alpha value is -2.14. The number of carboxylic acids is 1. The van der Waals surface area contributed by atoms with Crippen LogP contribution in [0, 0.1) is 11.6 Å². The first-order valence-corrected chi connectivity index (χ1v) is 6.06. The highest BCUT2D eigenvalue weighted by molar-refractivity contribution is 6.30. The van der Waals surface area contributed by atoms with Gasteiger partial charge in [0.1, 0.15) is 17.3 Å². The number of carbonyl (C=O) groups is 1. The third kappa shape index (κ3) is 3.24. The third-order valence-corrected chi connectivity index (χ3v) is 2.92. The normalized spacial score (nSPS) is 10.3. The van der Waals surface area contributed by atoms with Gasteiger partial charge in [-0.1, -0.05) is 23.7 Å². The Balaban J connectivity index is 2.17. The van der Waals surface area contributed by atoms with Crippen LogP contribution in [0.25, 0.3) is 0 Å². The Morgan fingerprint density at radius 3 is 2.20 bits per heavy atom. The van der Waals surface area contributed by atoms with E-state index in [9.17, 15) is 13.6 Å². The minimum Gasteiger partial charge on any atom is -0.478 e. The molecule has 2 aromatic rings. The first-order chi connectivity index (χ1) is 9.47. The Morgan fingerprint density at radius 1 is 1.15 bits per heavy atom. The number of benzene rings is 2. The van der Waals surface area contributed by atoms with Crippen molar-refractivity contribution in [2.24, 2.45) is 0 Å². The van der Waals surface area contributed by atoms with Crippen LogP contribution in [0.2, 0.25) is 5.02 Å². The second kappa shape index (κ2) is 5.88. The molecule has 0 radical (unpaired) electrons. The fourth-order valence-corrected chi connectivity index (χ4v) is 1.78. The van der Waals surface area contributed by atoms with Gasteiger partial charge >= 0.3 is 5.97 Å². The van der Waals surface area contributed by atoms with Crippen molar-refractivity contribution in [2.75, 3.05) is 5.32 Å². The van der Waals surface area contributed by atoms with Gasteiger partial charge < -0.3 is 10.4 Å². The van der Waals surface area contributed by atoms with Crippen molar-refractivity contribution >= 4 is 23.3 Å². The SMILES string of the molecule is O=C(O)c1cc(F)c(NCc2ccc(Cl)cc2)c(F)c1. The second-order valence-corrected chi connectivity index (χ2v) is 4.54. The molecule has 2 N–H and O–H groups in total. The van der Waals surface area contributed by atoms with Crippen molar-refractivity contribution in [1.29, 1.82) is 0 Å². The molecule has 0 unspecified atom stereocenters. The summed E-state index contributed by atoms with van der Waals surface area (Å²) in [4.78, 5) is 10.7. The van der Waals surface area contributed by atoms with Gasteiger partial charge in [-0.2, -0.15) is 0 Å². The van der Waals surface area contributed by atoms with Gasteiger partial charge in [-0.3, -0.25) is 0 Å². The van der Waals surface area contributed by atoms with Crippen molar-refractivity contribution in [1.82, 2.24) is 0 Å². The summed E-state index contributed by atoms with van der Waals surface area (Å²) in [5, 5.41) is 11.9. The summed E-state index contributed by atoms with van der Waals surface area (Å²) in [6.45, 7) is 0.192. The van der Waals surface area contributed by atoms with Gasteiger partial charge in [0, 0.05) is 11.6 Å². The van der Waals surface area contributed by atoms with Gasteiger partial charge in [0.15, 0.2) is 0 Å². The Kier molecular flexibility index (Phi) is 4.20. The Labute approximate surface area is 118 Å². The van der Waals surface area contributed by atoms with E-state index in [-0.39, 0.29) is 12.2 Å². The van der Waals surface area contributed by atoms with Crippen LogP contribution in [0.3, 0.4) is 0 Å². The Bertz CT molecular complexity index is 621. The fraction of sp³-hybridized carbons (Fsp3) is 0.0714. The van der Waals surface area contributed by atoms with E-state index in [1.807, 2.05) is 0 Å². The van der Waals surface area contributed by atoms with Crippen LogP contribution >= 0.6 is 11.6 Å². The number of anilines is 1. The summed E-state index contributed by atoms with van der Waals surface area (Å²) in [6, 6.07) is 8.32. The lowest BCUT2D eigenvalue weighted by Crippen LogP contribution is -2.06. The lowest BCUT2D eigenvalue weighted by molar-refractivity contribution is 0.0696. The molecule has 0 atom stereocenters. The van der Waals surface area contributed by atoms with Crippen molar-refractivity contribution in [3.63, 3.8) is 0 Å². The molecule has 6 heteroatoms. The zero-order valence-corrected chi connectivity index (χ0v) is 10.9. The maximum absolute atomic E-state index is 13.7. The first-order valence-electron chi connectivity index (χ1n) is 5.68. The van der Waals surface area contributed by atoms with E-state index in [1.54, 1.807) is 24.3 Å². The van der Waals surface area contributed by atoms with Crippen molar-refractivity contribution in [3.8, 4) is 0 Å². The average Bonchev–Trinajstić information content (AvgIpc) is 2.39. The summed E-state index contributed by atoms with van der Waals surface area (Å²) in [5.74, 6) is -3.28. The van der Waals surface area contributed by atoms with E-state index in [1.165, 1.54) is 0 Å². The summed E-state index contributed by atoms with van der Waals surface area (Å²) in [5.41, 5.74) is -0.00231. The van der Waals surface area contributed by atoms with Crippen LogP contribution in [0.4, 0.5) is 14.5 Å². The number of nitrogens with one attached hydrogen (secondary N) is 1. The van der Waals surface area contributed by atoms with E-state index < -0.39 is 23.2 Å². The van der Waals surface area contributed by atoms with Crippen LogP contribution in [0.1, 0.15) is 15.9 Å². The number of hydrogen-bond donors (Lipinski definition) is 2. The molecule has 0 bridgehead atoms. The van der Waals surface area contributed by atoms with Crippen LogP contribution < -0.4 is 5.32 Å². The van der Waals surface area contributed by atoms with Gasteiger partial charge in [0.25, 0.3) is 0 Å². The third-order valence-electron chi connectivity index (χ3n) is 2.67. The topological polar surface area (TPSA) is 49.3 Å². The van der Waals surface area contributed by atoms with Gasteiger partial charge in [-0.05, 0) is 29.8 Å². The van der Waals surface area contributed by atoms with Gasteiger partial charge in [0.2, 0.25) is 0 Å². The first kappa shape index (κ1) is 14.3. The van der Waals surface area contributed by atoms with Crippen LogP contribution in [0.5, 0.6) is 0 Å². The molecule has 0 spiro atoms. The monoisotopic (exact) mass is 297 g/mol. The standard InChI is InChI=1S/C14H10ClF2NO2/c15-10-3-1-8(2-4-10)7-18-13-11(16)5-9(14(19)20)6-12(13)17/h1-6,18H,7H2,(H,19,20). The van der Waals surface area contributed by atoms with Crippen molar-refractivity contribution in [2.45, 2.75) is 6.54 Å². The van der Waals surface area contributed by atoms with Gasteiger partial charge in [-0.15, -0.1) is 0 Å². The lowest BCUT2D eigenvalue weighted by Gasteiger charge is -2.10. The molecule has 20 heavy (non-hydrogen) atoms. The molecule has 104 valence electrons. The molecule has 0 amide bonds. The molecule has 0 aliphatic heterocycles. The van der Waals surface area contributed by atoms with E-state index >= 15 is 0 Å². The smallest absolute Gasteiger partial charge is 0.335 e. The predicted molar refractivity (Wildman–Crippen MR) is 72.1 cm³/mol. The van der Waals surface area contributed by atoms with Crippen LogP contribution in [-0.4, -0.2) is 11.1 Å². The predicted octanol–water partition coefficient (Wildman–Crippen LogP) is 3.93. The number of carboxylic acid groups (broad SMARTS) is 1. The molecule has 0 aliphatic carbocycles. The molecule has 0 saturated heterocycles. The highest BCUT2D eigenvalue weighted by atomic mass is 35.5. The second-order valence-electron chi connectivity index (χ2n) is 4.10. The molecule has 3 nitrogen and oxygen atoms in total. The minimum atomic E-state index is -1.38. The number of halogens is 3. The number of hydrogen-bond acceptors (Lipinski definition) is 2. The summed E-state index contributed by atoms with van der Waals surface area (Å²) in [7, 11) is 0.